The van der Waals surface area contributed by atoms with Crippen LogP contribution in [0.15, 0.2) is 48.5 Å². The molecule has 228 valence electrons. The van der Waals surface area contributed by atoms with Crippen LogP contribution in [0.5, 0.6) is 5.75 Å². The Labute approximate surface area is 256 Å². The molecule has 9 nitrogen and oxygen atoms in total. The molecule has 4 N–H and O–H groups in total. The first-order chi connectivity index (χ1) is 20.9. The molecule has 2 aliphatic heterocycles. The van der Waals surface area contributed by atoms with Gasteiger partial charge in [-0.1, -0.05) is 54.8 Å². The lowest BCUT2D eigenvalue weighted by molar-refractivity contribution is -0.133. The topological polar surface area (TPSA) is 124 Å². The van der Waals surface area contributed by atoms with Crippen LogP contribution in [0, 0.1) is 17.8 Å². The zero-order chi connectivity index (χ0) is 29.9. The fourth-order valence-corrected chi connectivity index (χ4v) is 7.47. The van der Waals surface area contributed by atoms with Gasteiger partial charge in [-0.2, -0.15) is 0 Å². The Hall–Kier alpha value is -3.40. The summed E-state index contributed by atoms with van der Waals surface area (Å²) < 4.78 is 6.17. The van der Waals surface area contributed by atoms with E-state index >= 15 is 0 Å². The Morgan fingerprint density at radius 2 is 1.93 bits per heavy atom. The van der Waals surface area contributed by atoms with Gasteiger partial charge in [-0.05, 0) is 61.3 Å². The lowest BCUT2D eigenvalue weighted by Crippen LogP contribution is -2.52. The number of nitrogens with one attached hydrogen (secondary N) is 3. The molecule has 2 amide bonds. The number of aliphatic hydroxyl groups is 1. The number of aromatic nitrogens is 1. The third-order valence-electron chi connectivity index (χ3n) is 9.42. The number of fused-ring (bicyclic) bond motifs is 2. The van der Waals surface area contributed by atoms with Crippen LogP contribution in [-0.2, 0) is 27.5 Å². The monoisotopic (exact) mass is 606 g/mol. The molecule has 6 rings (SSSR count). The number of ketones is 1. The number of Topliss-reactive ketones (excluding diaryl/α,β-unsaturated/α-hetero) is 1. The van der Waals surface area contributed by atoms with Crippen molar-refractivity contribution in [3.05, 3.63) is 64.8 Å². The summed E-state index contributed by atoms with van der Waals surface area (Å²) in [7, 11) is 0. The van der Waals surface area contributed by atoms with Crippen molar-refractivity contribution in [2.45, 2.75) is 63.8 Å². The molecule has 0 spiro atoms. The lowest BCUT2D eigenvalue weighted by Gasteiger charge is -2.31. The number of likely N-dealkylation sites (tertiary alicyclic amines) is 1. The van der Waals surface area contributed by atoms with Crippen molar-refractivity contribution in [1.29, 1.82) is 0 Å². The van der Waals surface area contributed by atoms with Crippen LogP contribution in [0.4, 0.5) is 0 Å². The molecule has 3 aromatic rings. The number of nitrogens with zero attached hydrogens (tertiary/aromatic N) is 1. The maximum absolute atomic E-state index is 13.9. The number of rotatable bonds is 11. The number of halogens is 1. The van der Waals surface area contributed by atoms with Crippen molar-refractivity contribution < 1.29 is 24.2 Å². The highest BCUT2D eigenvalue weighted by atomic mass is 35.5. The van der Waals surface area contributed by atoms with Gasteiger partial charge in [-0.25, -0.2) is 0 Å². The number of aliphatic hydroxyl groups excluding tert-OH is 1. The van der Waals surface area contributed by atoms with E-state index in [2.05, 4.69) is 20.5 Å². The smallest absolute Gasteiger partial charge is 0.238 e. The van der Waals surface area contributed by atoms with Crippen molar-refractivity contribution in [3.8, 4) is 5.75 Å². The van der Waals surface area contributed by atoms with Gasteiger partial charge >= 0.3 is 0 Å². The summed E-state index contributed by atoms with van der Waals surface area (Å²) in [5.74, 6) is 0.162. The highest BCUT2D eigenvalue weighted by molar-refractivity contribution is 6.35. The molecule has 5 atom stereocenters. The number of hydrogen-bond donors (Lipinski definition) is 4. The lowest BCUT2D eigenvalue weighted by atomic mass is 9.78. The molecule has 3 heterocycles. The first kappa shape index (κ1) is 29.7. The molecule has 0 radical (unpaired) electrons. The molecule has 1 saturated carbocycles. The summed E-state index contributed by atoms with van der Waals surface area (Å²) >= 11 is 6.60. The van der Waals surface area contributed by atoms with Gasteiger partial charge in [0.1, 0.15) is 19.0 Å². The first-order valence-electron chi connectivity index (χ1n) is 15.3. The van der Waals surface area contributed by atoms with Crippen LogP contribution >= 0.6 is 11.6 Å². The Morgan fingerprint density at radius 1 is 1.12 bits per heavy atom. The molecular weight excluding hydrogens is 568 g/mol. The standard InChI is InChI=1S/C33H39ClN4O5/c34-26-10-11-29(43-19-20-6-2-1-3-7-20)30-25(26)15-23(36-30)17-38-16-22-8-4-5-9-24(22)31(38)33(42)37-27(28(40)18-39)14-21-12-13-35-32(21)41/h1-3,6-7,10-11,15,21-22,24,27,31,36,39H,4-5,8-9,12-14,16-19H2,(H,35,41)(H,37,42)/t21-,22-,24-,27?,31-/m0/s1. The molecule has 1 aromatic heterocycles. The molecule has 1 unspecified atom stereocenters. The molecule has 2 aromatic carbocycles. The van der Waals surface area contributed by atoms with E-state index in [9.17, 15) is 19.5 Å². The average molecular weight is 607 g/mol. The summed E-state index contributed by atoms with van der Waals surface area (Å²) in [4.78, 5) is 44.6. The number of hydrogen-bond acceptors (Lipinski definition) is 6. The van der Waals surface area contributed by atoms with Crippen LogP contribution in [-0.4, -0.2) is 64.4 Å². The SMILES string of the molecule is O=C(CO)C(C[C@@H]1CCNC1=O)NC(=O)[C@@H]1[C@H]2CCCC[C@H]2CN1Cc1cc2c(Cl)ccc(OCc3ccccc3)c2[nH]1. The molecule has 2 saturated heterocycles. The van der Waals surface area contributed by atoms with Crippen LogP contribution < -0.4 is 15.4 Å². The van der Waals surface area contributed by atoms with Gasteiger partial charge in [0.25, 0.3) is 0 Å². The highest BCUT2D eigenvalue weighted by Crippen LogP contribution is 2.42. The Kier molecular flexibility index (Phi) is 9.02. The zero-order valence-corrected chi connectivity index (χ0v) is 24.9. The van der Waals surface area contributed by atoms with Gasteiger partial charge < -0.3 is 25.5 Å². The van der Waals surface area contributed by atoms with E-state index in [1.165, 1.54) is 0 Å². The van der Waals surface area contributed by atoms with Gasteiger partial charge in [0.05, 0.1) is 22.6 Å². The van der Waals surface area contributed by atoms with Gasteiger partial charge in [0.2, 0.25) is 11.8 Å². The molecule has 43 heavy (non-hydrogen) atoms. The van der Waals surface area contributed by atoms with Gasteiger partial charge in [-0.3, -0.25) is 19.3 Å². The van der Waals surface area contributed by atoms with E-state index in [0.717, 1.165) is 54.4 Å². The minimum absolute atomic E-state index is 0.107. The average Bonchev–Trinajstić information content (AvgIpc) is 3.73. The van der Waals surface area contributed by atoms with Crippen molar-refractivity contribution >= 4 is 40.1 Å². The molecular formula is C33H39ClN4O5. The number of amides is 2. The van der Waals surface area contributed by atoms with E-state index in [-0.39, 0.29) is 30.1 Å². The van der Waals surface area contributed by atoms with E-state index < -0.39 is 24.5 Å². The Morgan fingerprint density at radius 3 is 2.70 bits per heavy atom. The van der Waals surface area contributed by atoms with Crippen LogP contribution in [0.3, 0.4) is 0 Å². The van der Waals surface area contributed by atoms with Gasteiger partial charge in [-0.15, -0.1) is 0 Å². The third-order valence-corrected chi connectivity index (χ3v) is 9.75. The predicted molar refractivity (Wildman–Crippen MR) is 163 cm³/mol. The van der Waals surface area contributed by atoms with Crippen molar-refractivity contribution in [2.75, 3.05) is 19.7 Å². The minimum Gasteiger partial charge on any atom is -0.487 e. The van der Waals surface area contributed by atoms with Crippen LogP contribution in [0.2, 0.25) is 5.02 Å². The van der Waals surface area contributed by atoms with E-state index in [1.54, 1.807) is 0 Å². The van der Waals surface area contributed by atoms with Crippen molar-refractivity contribution in [2.24, 2.45) is 17.8 Å². The first-order valence-corrected chi connectivity index (χ1v) is 15.7. The van der Waals surface area contributed by atoms with Gasteiger partial charge in [0, 0.05) is 36.6 Å². The fourth-order valence-electron chi connectivity index (χ4n) is 7.25. The van der Waals surface area contributed by atoms with Crippen LogP contribution in [0.1, 0.15) is 49.8 Å². The normalized spacial score (nSPS) is 24.5. The Bertz CT molecular complexity index is 1480. The molecule has 1 aliphatic carbocycles. The number of aromatic amines is 1. The number of carbonyl (C=O) groups excluding carboxylic acids is 3. The summed E-state index contributed by atoms with van der Waals surface area (Å²) in [5, 5.41) is 16.9. The summed E-state index contributed by atoms with van der Waals surface area (Å²) in [5.41, 5.74) is 2.81. The fraction of sp³-hybridized carbons (Fsp3) is 0.485. The molecule has 0 bridgehead atoms. The largest absolute Gasteiger partial charge is 0.487 e. The molecule has 10 heteroatoms. The zero-order valence-electron chi connectivity index (χ0n) is 24.2. The van der Waals surface area contributed by atoms with E-state index in [4.69, 9.17) is 16.3 Å². The molecule has 3 fully saturated rings. The van der Waals surface area contributed by atoms with Crippen molar-refractivity contribution in [1.82, 2.24) is 20.5 Å². The van der Waals surface area contributed by atoms with Crippen molar-refractivity contribution in [3.63, 3.8) is 0 Å². The van der Waals surface area contributed by atoms with E-state index in [0.29, 0.717) is 42.8 Å². The number of carbonyl (C=O) groups is 3. The van der Waals surface area contributed by atoms with Crippen LogP contribution in [0.25, 0.3) is 10.9 Å². The minimum atomic E-state index is -0.896. The van der Waals surface area contributed by atoms with E-state index in [1.807, 2.05) is 48.5 Å². The quantitative estimate of drug-likeness (QED) is 0.262. The summed E-state index contributed by atoms with van der Waals surface area (Å²) in [6.45, 7) is 1.61. The maximum atomic E-state index is 13.9. The summed E-state index contributed by atoms with van der Waals surface area (Å²) in [6.07, 6.45) is 5.06. The molecule has 3 aliphatic rings. The number of H-pyrrole nitrogens is 1. The highest BCUT2D eigenvalue weighted by Gasteiger charge is 2.47. The second-order valence-corrected chi connectivity index (χ2v) is 12.6. The number of benzene rings is 2. The third kappa shape index (κ3) is 6.44. The second-order valence-electron chi connectivity index (χ2n) is 12.2. The second kappa shape index (κ2) is 13.1. The van der Waals surface area contributed by atoms with Gasteiger partial charge in [0.15, 0.2) is 5.78 Å². The summed E-state index contributed by atoms with van der Waals surface area (Å²) in [6, 6.07) is 14.4. The predicted octanol–water partition coefficient (Wildman–Crippen LogP) is 3.96. The Balaban J connectivity index is 1.22. The number of ether oxygens (including phenoxy) is 1. The maximum Gasteiger partial charge on any atom is 0.238 e.